The molecule has 0 saturated carbocycles. The third-order valence-corrected chi connectivity index (χ3v) is 4.80. The number of rotatable bonds is 9. The molecule has 0 fully saturated rings. The number of unbranched alkanes of at least 4 members (excludes halogenated alkanes) is 1. The van der Waals surface area contributed by atoms with Crippen LogP contribution < -0.4 is 5.32 Å². The fraction of sp³-hybridized carbons (Fsp3) is 0.565. The van der Waals surface area contributed by atoms with Crippen LogP contribution in [0.25, 0.3) is 0 Å². The fourth-order valence-corrected chi connectivity index (χ4v) is 3.05. The Morgan fingerprint density at radius 3 is 2.40 bits per heavy atom. The lowest BCUT2D eigenvalue weighted by atomic mass is 9.89. The quantitative estimate of drug-likeness (QED) is 0.499. The van der Waals surface area contributed by atoms with Crippen molar-refractivity contribution in [2.45, 2.75) is 65.0 Å². The van der Waals surface area contributed by atoms with Gasteiger partial charge in [0.15, 0.2) is 5.67 Å². The molecule has 0 aromatic heterocycles. The molecule has 1 N–H and O–H groups in total. The van der Waals surface area contributed by atoms with Gasteiger partial charge in [-0.15, -0.1) is 0 Å². The average molecular weight is 346 g/mol. The van der Waals surface area contributed by atoms with Crippen LogP contribution >= 0.6 is 0 Å². The smallest absolute Gasteiger partial charge is 0.157 e. The van der Waals surface area contributed by atoms with E-state index >= 15 is 0 Å². The van der Waals surface area contributed by atoms with Gasteiger partial charge in [-0.1, -0.05) is 95.0 Å². The molecule has 0 spiro atoms. The Kier molecular flexibility index (Phi) is 11.1. The maximum atomic E-state index is 14.2. The lowest BCUT2D eigenvalue weighted by Crippen LogP contribution is -2.17. The summed E-state index contributed by atoms with van der Waals surface area (Å²) in [6.45, 7) is 9.08. The zero-order chi connectivity index (χ0) is 18.4. The molecule has 2 atom stereocenters. The van der Waals surface area contributed by atoms with Gasteiger partial charge in [-0.3, -0.25) is 0 Å². The van der Waals surface area contributed by atoms with E-state index in [1.54, 1.807) is 12.2 Å². The van der Waals surface area contributed by atoms with Gasteiger partial charge in [-0.05, 0) is 37.1 Å². The van der Waals surface area contributed by atoms with Gasteiger partial charge in [0.05, 0.1) is 0 Å². The summed E-state index contributed by atoms with van der Waals surface area (Å²) in [5.74, 6) is 0.962. The molecule has 1 aliphatic rings. The molecule has 2 heteroatoms. The standard InChI is InChI=1S/C12H11F.C11H25N/c13-12(9-5-2-6-10-12)11-7-3-1-4-8-11;1-4-7-8-11(5-2)9-10-12-6-3/h1-9H,10H2;11-12H,4-10H2,1-3H3. The van der Waals surface area contributed by atoms with Crippen molar-refractivity contribution in [1.82, 2.24) is 5.32 Å². The summed E-state index contributed by atoms with van der Waals surface area (Å²) < 4.78 is 14.2. The molecule has 2 rings (SSSR count). The second-order valence-corrected chi connectivity index (χ2v) is 6.78. The third kappa shape index (κ3) is 8.49. The van der Waals surface area contributed by atoms with E-state index in [9.17, 15) is 4.39 Å². The van der Waals surface area contributed by atoms with E-state index in [-0.39, 0.29) is 0 Å². The molecule has 1 nitrogen and oxygen atoms in total. The molecule has 0 amide bonds. The summed E-state index contributed by atoms with van der Waals surface area (Å²) in [6.07, 6.45) is 14.4. The van der Waals surface area contributed by atoms with Crippen LogP contribution in [0.5, 0.6) is 0 Å². The zero-order valence-electron chi connectivity index (χ0n) is 16.3. The van der Waals surface area contributed by atoms with Crippen molar-refractivity contribution in [3.63, 3.8) is 0 Å². The van der Waals surface area contributed by atoms with Gasteiger partial charge < -0.3 is 5.32 Å². The summed E-state index contributed by atoms with van der Waals surface area (Å²) in [4.78, 5) is 0. The Labute approximate surface area is 154 Å². The Hall–Kier alpha value is -1.41. The molecule has 0 radical (unpaired) electrons. The average Bonchev–Trinajstić information content (AvgIpc) is 2.66. The first-order valence-electron chi connectivity index (χ1n) is 9.95. The molecular formula is C23H36FN. The molecule has 0 saturated heterocycles. The maximum absolute atomic E-state index is 14.2. The number of allylic oxidation sites excluding steroid dienone is 4. The first-order valence-corrected chi connectivity index (χ1v) is 9.95. The summed E-state index contributed by atoms with van der Waals surface area (Å²) in [7, 11) is 0. The minimum absolute atomic E-state index is 0.438. The fourth-order valence-electron chi connectivity index (χ4n) is 3.05. The van der Waals surface area contributed by atoms with Gasteiger partial charge in [0.1, 0.15) is 0 Å². The van der Waals surface area contributed by atoms with Crippen LogP contribution in [0, 0.1) is 5.92 Å². The zero-order valence-corrected chi connectivity index (χ0v) is 16.3. The van der Waals surface area contributed by atoms with Gasteiger partial charge in [-0.2, -0.15) is 0 Å². The predicted octanol–water partition coefficient (Wildman–Crippen LogP) is 6.57. The van der Waals surface area contributed by atoms with Crippen molar-refractivity contribution in [3.05, 3.63) is 60.2 Å². The minimum Gasteiger partial charge on any atom is -0.317 e. The van der Waals surface area contributed by atoms with E-state index in [1.165, 1.54) is 38.6 Å². The summed E-state index contributed by atoms with van der Waals surface area (Å²) in [5, 5.41) is 3.39. The third-order valence-electron chi connectivity index (χ3n) is 4.80. The van der Waals surface area contributed by atoms with E-state index in [0.717, 1.165) is 18.0 Å². The van der Waals surface area contributed by atoms with E-state index in [2.05, 4.69) is 26.1 Å². The highest BCUT2D eigenvalue weighted by Crippen LogP contribution is 2.33. The molecule has 2 unspecified atom stereocenters. The minimum atomic E-state index is -1.30. The second-order valence-electron chi connectivity index (χ2n) is 6.78. The van der Waals surface area contributed by atoms with E-state index in [4.69, 9.17) is 0 Å². The van der Waals surface area contributed by atoms with E-state index in [1.807, 2.05) is 42.5 Å². The van der Waals surface area contributed by atoms with Crippen molar-refractivity contribution in [1.29, 1.82) is 0 Å². The number of hydrogen-bond donors (Lipinski definition) is 1. The molecule has 25 heavy (non-hydrogen) atoms. The van der Waals surface area contributed by atoms with Crippen LogP contribution in [0.3, 0.4) is 0 Å². The first kappa shape index (κ1) is 21.6. The Morgan fingerprint density at radius 2 is 1.84 bits per heavy atom. The van der Waals surface area contributed by atoms with E-state index < -0.39 is 5.67 Å². The second kappa shape index (κ2) is 12.9. The number of benzene rings is 1. The van der Waals surface area contributed by atoms with Gasteiger partial charge in [0.25, 0.3) is 0 Å². The monoisotopic (exact) mass is 345 g/mol. The normalized spacial score (nSPS) is 20.0. The first-order chi connectivity index (χ1) is 12.2. The topological polar surface area (TPSA) is 12.0 Å². The van der Waals surface area contributed by atoms with Gasteiger partial charge in [0, 0.05) is 6.42 Å². The van der Waals surface area contributed by atoms with Crippen LogP contribution in [0.4, 0.5) is 4.39 Å². The van der Waals surface area contributed by atoms with Crippen molar-refractivity contribution < 1.29 is 4.39 Å². The van der Waals surface area contributed by atoms with Crippen LogP contribution in [0.2, 0.25) is 0 Å². The molecule has 0 bridgehead atoms. The number of nitrogens with one attached hydrogen (secondary N) is 1. The van der Waals surface area contributed by atoms with E-state index in [0.29, 0.717) is 6.42 Å². The number of alkyl halides is 1. The van der Waals surface area contributed by atoms with Crippen molar-refractivity contribution >= 4 is 0 Å². The Bertz CT molecular complexity index is 494. The van der Waals surface area contributed by atoms with Crippen LogP contribution in [0.15, 0.2) is 54.6 Å². The molecule has 1 aliphatic carbocycles. The van der Waals surface area contributed by atoms with Gasteiger partial charge in [0.2, 0.25) is 0 Å². The highest BCUT2D eigenvalue weighted by Gasteiger charge is 2.27. The lowest BCUT2D eigenvalue weighted by molar-refractivity contribution is 0.236. The van der Waals surface area contributed by atoms with Gasteiger partial charge >= 0.3 is 0 Å². The molecule has 1 aromatic rings. The molecule has 0 aliphatic heterocycles. The number of halogens is 1. The highest BCUT2D eigenvalue weighted by atomic mass is 19.1. The summed E-state index contributed by atoms with van der Waals surface area (Å²) >= 11 is 0. The SMILES string of the molecule is CCCCC(CC)CCNCC.FC1(c2ccccc2)C=CC=CC1. The molecular weight excluding hydrogens is 309 g/mol. The number of hydrogen-bond acceptors (Lipinski definition) is 1. The summed E-state index contributed by atoms with van der Waals surface area (Å²) in [6, 6.07) is 9.27. The summed E-state index contributed by atoms with van der Waals surface area (Å²) in [5.41, 5.74) is -0.564. The lowest BCUT2D eigenvalue weighted by Gasteiger charge is -2.22. The maximum Gasteiger partial charge on any atom is 0.157 e. The van der Waals surface area contributed by atoms with Crippen molar-refractivity contribution in [3.8, 4) is 0 Å². The molecule has 0 heterocycles. The van der Waals surface area contributed by atoms with Crippen LogP contribution in [0.1, 0.15) is 64.9 Å². The van der Waals surface area contributed by atoms with Crippen LogP contribution in [-0.2, 0) is 5.67 Å². The Balaban J connectivity index is 0.000000252. The van der Waals surface area contributed by atoms with Crippen molar-refractivity contribution in [2.24, 2.45) is 5.92 Å². The predicted molar refractivity (Wildman–Crippen MR) is 109 cm³/mol. The Morgan fingerprint density at radius 1 is 1.08 bits per heavy atom. The van der Waals surface area contributed by atoms with Crippen molar-refractivity contribution in [2.75, 3.05) is 13.1 Å². The molecule has 140 valence electrons. The van der Waals surface area contributed by atoms with Gasteiger partial charge in [-0.25, -0.2) is 4.39 Å². The largest absolute Gasteiger partial charge is 0.317 e. The van der Waals surface area contributed by atoms with Crippen LogP contribution in [-0.4, -0.2) is 13.1 Å². The molecule has 1 aromatic carbocycles. The highest BCUT2D eigenvalue weighted by molar-refractivity contribution is 5.32.